The lowest BCUT2D eigenvalue weighted by atomic mass is 10.2. The van der Waals surface area contributed by atoms with Gasteiger partial charge in [-0.15, -0.1) is 0 Å². The number of halogens is 3. The summed E-state index contributed by atoms with van der Waals surface area (Å²) in [4.78, 5) is 23.5. The van der Waals surface area contributed by atoms with Crippen LogP contribution in [-0.4, -0.2) is 33.7 Å². The molecule has 0 aliphatic heterocycles. The summed E-state index contributed by atoms with van der Waals surface area (Å²) in [5, 5.41) is 5.37. The minimum Gasteiger partial charge on any atom is -0.368 e. The highest BCUT2D eigenvalue weighted by Gasteiger charge is 2.30. The molecule has 1 amide bonds. The van der Waals surface area contributed by atoms with Crippen LogP contribution in [0.4, 0.5) is 30.8 Å². The van der Waals surface area contributed by atoms with Crippen molar-refractivity contribution in [3.8, 4) is 0 Å². The molecule has 0 spiro atoms. The summed E-state index contributed by atoms with van der Waals surface area (Å²) in [5.74, 6) is -0.458. The second kappa shape index (κ2) is 7.34. The highest BCUT2D eigenvalue weighted by Crippen LogP contribution is 2.30. The first-order valence-corrected chi connectivity index (χ1v) is 7.77. The molecule has 0 bridgehead atoms. The lowest BCUT2D eigenvalue weighted by Crippen LogP contribution is -2.23. The Bertz CT molecular complexity index is 740. The molecule has 1 aromatic heterocycles. The van der Waals surface area contributed by atoms with Crippen LogP contribution < -0.4 is 16.4 Å². The largest absolute Gasteiger partial charge is 0.416 e. The summed E-state index contributed by atoms with van der Waals surface area (Å²) in [6, 6.07) is 4.35. The molecule has 1 aromatic carbocycles. The van der Waals surface area contributed by atoms with E-state index in [1.54, 1.807) is 6.26 Å². The van der Waals surface area contributed by atoms with E-state index < -0.39 is 17.6 Å². The van der Waals surface area contributed by atoms with Crippen molar-refractivity contribution >= 4 is 35.3 Å². The van der Waals surface area contributed by atoms with Gasteiger partial charge in [0.15, 0.2) is 5.16 Å². The molecular formula is C13H13F3N6OS. The van der Waals surface area contributed by atoms with Crippen molar-refractivity contribution in [2.24, 2.45) is 0 Å². The number of carbonyl (C=O) groups excluding carboxylic acids is 1. The number of nitrogens with zero attached hydrogens (tertiary/aromatic N) is 3. The minimum absolute atomic E-state index is 0.00450. The molecule has 4 N–H and O–H groups in total. The maximum atomic E-state index is 12.6. The molecule has 0 saturated heterocycles. The topological polar surface area (TPSA) is 106 Å². The third-order valence-electron chi connectivity index (χ3n) is 2.70. The average Bonchev–Trinajstić information content (AvgIpc) is 2.52. The van der Waals surface area contributed by atoms with Crippen LogP contribution in [0.2, 0.25) is 0 Å². The first-order valence-electron chi connectivity index (χ1n) is 6.54. The molecule has 0 saturated carbocycles. The van der Waals surface area contributed by atoms with E-state index in [0.717, 1.165) is 12.1 Å². The van der Waals surface area contributed by atoms with Gasteiger partial charge in [-0.1, -0.05) is 17.8 Å². The van der Waals surface area contributed by atoms with Gasteiger partial charge >= 0.3 is 6.18 Å². The van der Waals surface area contributed by atoms with Gasteiger partial charge in [0.25, 0.3) is 0 Å². The van der Waals surface area contributed by atoms with E-state index in [0.29, 0.717) is 5.16 Å². The van der Waals surface area contributed by atoms with E-state index in [9.17, 15) is 18.0 Å². The number of alkyl halides is 3. The number of thioether (sulfide) groups is 1. The third kappa shape index (κ3) is 4.98. The average molecular weight is 358 g/mol. The fourth-order valence-corrected chi connectivity index (χ4v) is 2.04. The van der Waals surface area contributed by atoms with E-state index >= 15 is 0 Å². The zero-order valence-electron chi connectivity index (χ0n) is 12.4. The van der Waals surface area contributed by atoms with Gasteiger partial charge in [0.05, 0.1) is 12.1 Å². The lowest BCUT2D eigenvalue weighted by molar-refractivity contribution is -0.137. The molecule has 0 atom stereocenters. The lowest BCUT2D eigenvalue weighted by Gasteiger charge is -2.10. The van der Waals surface area contributed by atoms with E-state index in [2.05, 4.69) is 25.6 Å². The van der Waals surface area contributed by atoms with E-state index in [-0.39, 0.29) is 24.1 Å². The number of nitrogens with one attached hydrogen (secondary N) is 2. The SMILES string of the molecule is CSc1nc(N)nc(NCC(=O)Nc2cccc(C(F)(F)F)c2)n1. The van der Waals surface area contributed by atoms with E-state index in [1.807, 2.05) is 0 Å². The maximum absolute atomic E-state index is 12.6. The first kappa shape index (κ1) is 17.8. The monoisotopic (exact) mass is 358 g/mol. The van der Waals surface area contributed by atoms with Crippen molar-refractivity contribution in [3.63, 3.8) is 0 Å². The van der Waals surface area contributed by atoms with Crippen molar-refractivity contribution in [3.05, 3.63) is 29.8 Å². The molecule has 1 heterocycles. The van der Waals surface area contributed by atoms with E-state index in [4.69, 9.17) is 5.73 Å². The van der Waals surface area contributed by atoms with Crippen LogP contribution in [0.15, 0.2) is 29.4 Å². The van der Waals surface area contributed by atoms with Crippen molar-refractivity contribution in [2.75, 3.05) is 29.2 Å². The molecule has 0 fully saturated rings. The van der Waals surface area contributed by atoms with Crippen LogP contribution in [0.5, 0.6) is 0 Å². The fraction of sp³-hybridized carbons (Fsp3) is 0.231. The predicted octanol–water partition coefficient (Wildman–Crippen LogP) is 2.25. The number of aromatic nitrogens is 3. The molecule has 2 rings (SSSR count). The van der Waals surface area contributed by atoms with Crippen LogP contribution in [0.3, 0.4) is 0 Å². The molecule has 0 aliphatic carbocycles. The molecule has 0 radical (unpaired) electrons. The van der Waals surface area contributed by atoms with Crippen LogP contribution in [0, 0.1) is 0 Å². The van der Waals surface area contributed by atoms with Gasteiger partial charge in [-0.05, 0) is 24.5 Å². The van der Waals surface area contributed by atoms with Crippen LogP contribution in [-0.2, 0) is 11.0 Å². The number of rotatable bonds is 5. The van der Waals surface area contributed by atoms with Crippen molar-refractivity contribution < 1.29 is 18.0 Å². The minimum atomic E-state index is -4.48. The summed E-state index contributed by atoms with van der Waals surface area (Å²) in [6.07, 6.45) is -2.73. The zero-order valence-corrected chi connectivity index (χ0v) is 13.2. The van der Waals surface area contributed by atoms with Crippen LogP contribution >= 0.6 is 11.8 Å². The van der Waals surface area contributed by atoms with Gasteiger partial charge in [0, 0.05) is 5.69 Å². The Labute approximate surface area is 139 Å². The normalized spacial score (nSPS) is 11.2. The molecular weight excluding hydrogens is 345 g/mol. The molecule has 7 nitrogen and oxygen atoms in total. The zero-order chi connectivity index (χ0) is 17.7. The second-order valence-corrected chi connectivity index (χ2v) is 5.26. The predicted molar refractivity (Wildman–Crippen MR) is 84.6 cm³/mol. The van der Waals surface area contributed by atoms with Gasteiger partial charge in [0.2, 0.25) is 17.8 Å². The number of benzene rings is 1. The Morgan fingerprint density at radius 2 is 2.04 bits per heavy atom. The standard InChI is InChI=1S/C13H13F3N6OS/c1-24-12-21-10(17)20-11(22-12)18-6-9(23)19-8-4-2-3-7(5-8)13(14,15)16/h2-5H,6H2,1H3,(H,19,23)(H3,17,18,20,21,22). The summed E-state index contributed by atoms with van der Waals surface area (Å²) in [5.41, 5.74) is 4.69. The number of nitrogen functional groups attached to an aromatic ring is 1. The summed E-state index contributed by atoms with van der Waals surface area (Å²) in [7, 11) is 0. The fourth-order valence-electron chi connectivity index (χ4n) is 1.68. The third-order valence-corrected chi connectivity index (χ3v) is 3.24. The van der Waals surface area contributed by atoms with Crippen molar-refractivity contribution in [2.45, 2.75) is 11.3 Å². The summed E-state index contributed by atoms with van der Waals surface area (Å²) >= 11 is 1.25. The summed E-state index contributed by atoms with van der Waals surface area (Å²) < 4.78 is 37.9. The van der Waals surface area contributed by atoms with Crippen LogP contribution in [0.25, 0.3) is 0 Å². The summed E-state index contributed by atoms with van der Waals surface area (Å²) in [6.45, 7) is -0.243. The number of amides is 1. The number of anilines is 3. The molecule has 2 aromatic rings. The smallest absolute Gasteiger partial charge is 0.368 e. The maximum Gasteiger partial charge on any atom is 0.416 e. The molecule has 128 valence electrons. The first-order chi connectivity index (χ1) is 11.3. The number of carbonyl (C=O) groups is 1. The molecule has 11 heteroatoms. The number of nitrogens with two attached hydrogens (primary N) is 1. The van der Waals surface area contributed by atoms with Gasteiger partial charge < -0.3 is 16.4 Å². The quantitative estimate of drug-likeness (QED) is 0.704. The Morgan fingerprint density at radius 3 is 2.71 bits per heavy atom. The van der Waals surface area contributed by atoms with Gasteiger partial charge in [0.1, 0.15) is 0 Å². The van der Waals surface area contributed by atoms with Crippen molar-refractivity contribution in [1.29, 1.82) is 0 Å². The highest BCUT2D eigenvalue weighted by molar-refractivity contribution is 7.98. The Kier molecular flexibility index (Phi) is 5.44. The van der Waals surface area contributed by atoms with Crippen molar-refractivity contribution in [1.82, 2.24) is 15.0 Å². The van der Waals surface area contributed by atoms with Gasteiger partial charge in [-0.25, -0.2) is 0 Å². The number of hydrogen-bond acceptors (Lipinski definition) is 7. The Balaban J connectivity index is 1.98. The Hall–Kier alpha value is -2.56. The van der Waals surface area contributed by atoms with Crippen LogP contribution in [0.1, 0.15) is 5.56 Å². The molecule has 24 heavy (non-hydrogen) atoms. The molecule has 0 aliphatic rings. The van der Waals surface area contributed by atoms with E-state index in [1.165, 1.54) is 23.9 Å². The second-order valence-electron chi connectivity index (χ2n) is 4.48. The molecule has 0 unspecified atom stereocenters. The van der Waals surface area contributed by atoms with Gasteiger partial charge in [-0.2, -0.15) is 28.1 Å². The number of hydrogen-bond donors (Lipinski definition) is 3. The van der Waals surface area contributed by atoms with Gasteiger partial charge in [-0.3, -0.25) is 4.79 Å². The highest BCUT2D eigenvalue weighted by atomic mass is 32.2. The Morgan fingerprint density at radius 1 is 1.29 bits per heavy atom.